The Hall–Kier alpha value is -4.94. The van der Waals surface area contributed by atoms with Crippen molar-refractivity contribution in [2.75, 3.05) is 0 Å². The van der Waals surface area contributed by atoms with Crippen molar-refractivity contribution in [1.82, 2.24) is 0 Å². The number of hydrogen-bond donors (Lipinski definition) is 2. The van der Waals surface area contributed by atoms with Crippen LogP contribution in [0.5, 0.6) is 23.0 Å². The summed E-state index contributed by atoms with van der Waals surface area (Å²) in [5, 5.41) is 34.8. The van der Waals surface area contributed by atoms with E-state index < -0.39 is 0 Å². The van der Waals surface area contributed by atoms with E-state index in [-0.39, 0.29) is 5.41 Å². The molecule has 0 aromatic heterocycles. The fourth-order valence-electron chi connectivity index (χ4n) is 4.98. The number of benzene rings is 4. The van der Waals surface area contributed by atoms with Gasteiger partial charge in [-0.3, -0.25) is 0 Å². The molecule has 5 rings (SSSR count). The molecule has 0 unspecified atom stereocenters. The Morgan fingerprint density at radius 1 is 0.600 bits per heavy atom. The minimum atomic E-state index is -0.0515. The maximum absolute atomic E-state index is 8.78. The monoisotopic (exact) mass is 534 g/mol. The van der Waals surface area contributed by atoms with E-state index in [2.05, 4.69) is 24.3 Å². The van der Waals surface area contributed by atoms with Crippen LogP contribution in [-0.2, 0) is 5.41 Å². The fourth-order valence-corrected chi connectivity index (χ4v) is 4.98. The molecule has 0 bridgehead atoms. The molecule has 40 heavy (non-hydrogen) atoms. The van der Waals surface area contributed by atoms with Crippen LogP contribution in [0.25, 0.3) is 0 Å². The zero-order chi connectivity index (χ0) is 28.8. The van der Waals surface area contributed by atoms with E-state index in [4.69, 9.17) is 30.2 Å². The maximum Gasteiger partial charge on any atom is 0.292 e. The van der Waals surface area contributed by atoms with Gasteiger partial charge in [-0.15, -0.1) is 10.5 Å². The second-order valence-corrected chi connectivity index (χ2v) is 9.66. The SMILES string of the molecule is Cc1cc(C2(c3ccc(OC#N)c(C)c3)CCCCC2)ccc1OC#N.Oc1ccccc1.Oc1ccccc1. The minimum Gasteiger partial charge on any atom is -0.508 e. The summed E-state index contributed by atoms with van der Waals surface area (Å²) in [6.45, 7) is 3.95. The lowest BCUT2D eigenvalue weighted by Crippen LogP contribution is -2.30. The van der Waals surface area contributed by atoms with Crippen molar-refractivity contribution >= 4 is 0 Å². The topological polar surface area (TPSA) is 106 Å². The summed E-state index contributed by atoms with van der Waals surface area (Å²) in [4.78, 5) is 0. The highest BCUT2D eigenvalue weighted by molar-refractivity contribution is 5.48. The molecule has 1 aliphatic rings. The van der Waals surface area contributed by atoms with Gasteiger partial charge in [-0.25, -0.2) is 0 Å². The van der Waals surface area contributed by atoms with E-state index in [1.165, 1.54) is 30.4 Å². The number of phenolic OH excluding ortho intramolecular Hbond substituents is 2. The van der Waals surface area contributed by atoms with Crippen LogP contribution in [0, 0.1) is 36.9 Å². The van der Waals surface area contributed by atoms with E-state index in [1.807, 2.05) is 38.1 Å². The standard InChI is InChI=1S/C22H22N2O2.2C6H6O/c1-16-12-18(6-8-20(16)25-14-23)22(10-4-3-5-11-22)19-7-9-21(26-15-24)17(2)13-19;2*7-6-4-2-1-3-5-6/h6-9,12-13H,3-5,10-11H2,1-2H3;2*1-5,7H. The summed E-state index contributed by atoms with van der Waals surface area (Å²) in [5.41, 5.74) is 4.40. The third kappa shape index (κ3) is 8.03. The Labute approximate surface area is 236 Å². The second-order valence-electron chi connectivity index (χ2n) is 9.66. The van der Waals surface area contributed by atoms with Crippen molar-refractivity contribution in [2.24, 2.45) is 0 Å². The van der Waals surface area contributed by atoms with Gasteiger partial charge < -0.3 is 19.7 Å². The number of aromatic hydroxyl groups is 2. The van der Waals surface area contributed by atoms with Crippen molar-refractivity contribution in [2.45, 2.75) is 51.4 Å². The Morgan fingerprint density at radius 3 is 1.30 bits per heavy atom. The molecule has 4 aromatic rings. The van der Waals surface area contributed by atoms with Crippen LogP contribution in [0.15, 0.2) is 97.1 Å². The molecule has 1 fully saturated rings. The van der Waals surface area contributed by atoms with Crippen LogP contribution >= 0.6 is 0 Å². The van der Waals surface area contributed by atoms with E-state index in [0.717, 1.165) is 24.0 Å². The van der Waals surface area contributed by atoms with Crippen molar-refractivity contribution in [3.63, 3.8) is 0 Å². The Kier molecular flexibility index (Phi) is 11.0. The number of para-hydroxylation sites is 2. The van der Waals surface area contributed by atoms with Gasteiger partial charge in [-0.2, -0.15) is 0 Å². The van der Waals surface area contributed by atoms with Crippen LogP contribution in [-0.4, -0.2) is 10.2 Å². The molecule has 0 atom stereocenters. The lowest BCUT2D eigenvalue weighted by atomic mass is 9.65. The summed E-state index contributed by atoms with van der Waals surface area (Å²) >= 11 is 0. The third-order valence-electron chi connectivity index (χ3n) is 6.99. The van der Waals surface area contributed by atoms with Crippen molar-refractivity contribution in [1.29, 1.82) is 10.5 Å². The number of nitriles is 2. The fraction of sp³-hybridized carbons (Fsp3) is 0.235. The zero-order valence-electron chi connectivity index (χ0n) is 22.9. The molecule has 6 heteroatoms. The molecule has 2 N–H and O–H groups in total. The molecule has 0 aliphatic heterocycles. The highest BCUT2D eigenvalue weighted by Gasteiger charge is 2.36. The van der Waals surface area contributed by atoms with E-state index in [0.29, 0.717) is 23.0 Å². The largest absolute Gasteiger partial charge is 0.508 e. The molecule has 6 nitrogen and oxygen atoms in total. The summed E-state index contributed by atoms with van der Waals surface area (Å²) in [5.74, 6) is 1.86. The highest BCUT2D eigenvalue weighted by atomic mass is 16.5. The molecule has 0 amide bonds. The van der Waals surface area contributed by atoms with Crippen molar-refractivity contribution in [3.8, 4) is 35.5 Å². The Morgan fingerprint density at radius 2 is 1.00 bits per heavy atom. The normalized spacial score (nSPS) is 13.1. The van der Waals surface area contributed by atoms with Gasteiger partial charge in [0.2, 0.25) is 0 Å². The zero-order valence-corrected chi connectivity index (χ0v) is 22.9. The highest BCUT2D eigenvalue weighted by Crippen LogP contribution is 2.46. The van der Waals surface area contributed by atoms with Gasteiger partial charge >= 0.3 is 0 Å². The average molecular weight is 535 g/mol. The van der Waals surface area contributed by atoms with Crippen molar-refractivity contribution in [3.05, 3.63) is 119 Å². The Balaban J connectivity index is 0.000000255. The number of aryl methyl sites for hydroxylation is 2. The van der Waals surface area contributed by atoms with Gasteiger partial charge in [0, 0.05) is 5.41 Å². The Bertz CT molecular complexity index is 1330. The summed E-state index contributed by atoms with van der Waals surface area (Å²) in [7, 11) is 0. The van der Waals surface area contributed by atoms with Crippen LogP contribution in [0.3, 0.4) is 0 Å². The molecule has 4 aromatic carbocycles. The first-order chi connectivity index (χ1) is 19.4. The van der Waals surface area contributed by atoms with Gasteiger partial charge in [-0.1, -0.05) is 79.9 Å². The molecule has 1 aliphatic carbocycles. The van der Waals surface area contributed by atoms with Gasteiger partial charge in [-0.05, 0) is 85.3 Å². The lowest BCUT2D eigenvalue weighted by Gasteiger charge is -2.39. The van der Waals surface area contributed by atoms with Gasteiger partial charge in [0.05, 0.1) is 0 Å². The molecule has 0 radical (unpaired) electrons. The minimum absolute atomic E-state index is 0.0515. The molecular formula is C34H34N2O4. The molecule has 0 spiro atoms. The second kappa shape index (κ2) is 14.9. The van der Waals surface area contributed by atoms with E-state index in [9.17, 15) is 0 Å². The van der Waals surface area contributed by atoms with Crippen LogP contribution in [0.4, 0.5) is 0 Å². The first-order valence-corrected chi connectivity index (χ1v) is 13.2. The summed E-state index contributed by atoms with van der Waals surface area (Å²) in [6.07, 6.45) is 9.30. The quantitative estimate of drug-likeness (QED) is 0.257. The van der Waals surface area contributed by atoms with Crippen LogP contribution in [0.2, 0.25) is 0 Å². The number of ether oxygens (including phenoxy) is 2. The molecule has 1 saturated carbocycles. The number of rotatable bonds is 4. The van der Waals surface area contributed by atoms with Crippen LogP contribution < -0.4 is 9.47 Å². The van der Waals surface area contributed by atoms with Crippen molar-refractivity contribution < 1.29 is 19.7 Å². The van der Waals surface area contributed by atoms with Gasteiger partial charge in [0.1, 0.15) is 23.0 Å². The predicted molar refractivity (Wildman–Crippen MR) is 155 cm³/mol. The number of phenols is 2. The third-order valence-corrected chi connectivity index (χ3v) is 6.99. The van der Waals surface area contributed by atoms with E-state index >= 15 is 0 Å². The van der Waals surface area contributed by atoms with Crippen LogP contribution in [0.1, 0.15) is 54.4 Å². The predicted octanol–water partition coefficient (Wildman–Crippen LogP) is 8.06. The number of nitrogens with zero attached hydrogens (tertiary/aromatic N) is 2. The number of hydrogen-bond acceptors (Lipinski definition) is 6. The smallest absolute Gasteiger partial charge is 0.292 e. The van der Waals surface area contributed by atoms with Gasteiger partial charge in [0.25, 0.3) is 12.5 Å². The maximum atomic E-state index is 8.78. The first kappa shape index (κ1) is 29.6. The van der Waals surface area contributed by atoms with Gasteiger partial charge in [0.15, 0.2) is 0 Å². The average Bonchev–Trinajstić information content (AvgIpc) is 2.97. The molecule has 204 valence electrons. The lowest BCUT2D eigenvalue weighted by molar-refractivity contribution is 0.345. The summed E-state index contributed by atoms with van der Waals surface area (Å²) in [6, 6.07) is 29.7. The molecular weight excluding hydrogens is 500 g/mol. The van der Waals surface area contributed by atoms with E-state index in [1.54, 1.807) is 61.0 Å². The molecule has 0 saturated heterocycles. The molecule has 0 heterocycles. The first-order valence-electron chi connectivity index (χ1n) is 13.2. The summed E-state index contributed by atoms with van der Waals surface area (Å²) < 4.78 is 10.1.